The van der Waals surface area contributed by atoms with Crippen LogP contribution in [0.25, 0.3) is 0 Å². The van der Waals surface area contributed by atoms with Crippen molar-refractivity contribution in [2.24, 2.45) is 0 Å². The lowest BCUT2D eigenvalue weighted by atomic mass is 10.1. The van der Waals surface area contributed by atoms with Gasteiger partial charge >= 0.3 is 5.97 Å². The summed E-state index contributed by atoms with van der Waals surface area (Å²) in [5.74, 6) is 0.346. The summed E-state index contributed by atoms with van der Waals surface area (Å²) in [5, 5.41) is 0. The van der Waals surface area contributed by atoms with Crippen molar-refractivity contribution < 1.29 is 9.53 Å². The van der Waals surface area contributed by atoms with Gasteiger partial charge < -0.3 is 4.74 Å². The molecule has 2 nitrogen and oxygen atoms in total. The second-order valence-electron chi connectivity index (χ2n) is 3.53. The van der Waals surface area contributed by atoms with E-state index >= 15 is 0 Å². The smallest absolute Gasteiger partial charge is 0.339 e. The lowest BCUT2D eigenvalue weighted by Gasteiger charge is -2.07. The van der Waals surface area contributed by atoms with Crippen LogP contribution in [0.5, 0.6) is 5.75 Å². The monoisotopic (exact) mass is 204 g/mol. The Labute approximate surface area is 90.6 Å². The Morgan fingerprint density at radius 2 is 1.80 bits per heavy atom. The van der Waals surface area contributed by atoms with Gasteiger partial charge in [0.2, 0.25) is 0 Å². The second-order valence-corrected chi connectivity index (χ2v) is 3.53. The SMILES string of the molecule is CCC(C(=O)Oc1ccccc1)=C(C)C. The Kier molecular flexibility index (Phi) is 4.10. The number of hydrogen-bond donors (Lipinski definition) is 0. The van der Waals surface area contributed by atoms with Crippen LogP contribution in [0, 0.1) is 0 Å². The fraction of sp³-hybridized carbons (Fsp3) is 0.308. The van der Waals surface area contributed by atoms with Gasteiger partial charge in [-0.2, -0.15) is 0 Å². The first kappa shape index (κ1) is 11.5. The largest absolute Gasteiger partial charge is 0.423 e. The Hall–Kier alpha value is -1.57. The van der Waals surface area contributed by atoms with E-state index in [0.29, 0.717) is 12.2 Å². The second kappa shape index (κ2) is 5.35. The summed E-state index contributed by atoms with van der Waals surface area (Å²) >= 11 is 0. The molecule has 0 aromatic heterocycles. The van der Waals surface area contributed by atoms with Gasteiger partial charge in [0, 0.05) is 5.57 Å². The van der Waals surface area contributed by atoms with Crippen molar-refractivity contribution in [2.75, 3.05) is 0 Å². The number of allylic oxidation sites excluding steroid dienone is 1. The van der Waals surface area contributed by atoms with E-state index in [1.165, 1.54) is 0 Å². The van der Waals surface area contributed by atoms with Gasteiger partial charge in [0.15, 0.2) is 0 Å². The minimum atomic E-state index is -0.247. The van der Waals surface area contributed by atoms with Crippen molar-refractivity contribution in [1.29, 1.82) is 0 Å². The van der Waals surface area contributed by atoms with Crippen LogP contribution in [0.2, 0.25) is 0 Å². The predicted octanol–water partition coefficient (Wildman–Crippen LogP) is 3.34. The summed E-state index contributed by atoms with van der Waals surface area (Å²) in [6.07, 6.45) is 0.702. The standard InChI is InChI=1S/C13H16O2/c1-4-12(10(2)3)13(14)15-11-8-6-5-7-9-11/h5-9H,4H2,1-3H3. The maximum absolute atomic E-state index is 11.7. The number of hydrogen-bond acceptors (Lipinski definition) is 2. The number of para-hydroxylation sites is 1. The van der Waals surface area contributed by atoms with Crippen molar-refractivity contribution in [1.82, 2.24) is 0 Å². The third kappa shape index (κ3) is 3.24. The highest BCUT2D eigenvalue weighted by atomic mass is 16.5. The van der Waals surface area contributed by atoms with E-state index in [4.69, 9.17) is 4.74 Å². The molecule has 0 saturated carbocycles. The van der Waals surface area contributed by atoms with Crippen molar-refractivity contribution in [2.45, 2.75) is 27.2 Å². The molecule has 80 valence electrons. The molecule has 0 N–H and O–H groups in total. The summed E-state index contributed by atoms with van der Waals surface area (Å²) in [4.78, 5) is 11.7. The Bertz CT molecular complexity index is 359. The Balaban J connectivity index is 2.76. The number of carbonyl (C=O) groups excluding carboxylic acids is 1. The van der Waals surface area contributed by atoms with Gasteiger partial charge in [0.25, 0.3) is 0 Å². The first-order valence-corrected chi connectivity index (χ1v) is 5.08. The van der Waals surface area contributed by atoms with Crippen molar-refractivity contribution in [3.63, 3.8) is 0 Å². The highest BCUT2D eigenvalue weighted by molar-refractivity contribution is 5.90. The number of carbonyl (C=O) groups is 1. The van der Waals surface area contributed by atoms with Crippen molar-refractivity contribution in [3.05, 3.63) is 41.5 Å². The number of rotatable bonds is 3. The van der Waals surface area contributed by atoms with Gasteiger partial charge in [0.1, 0.15) is 5.75 Å². The molecule has 0 radical (unpaired) electrons. The molecule has 0 heterocycles. The average Bonchev–Trinajstić information content (AvgIpc) is 2.19. The van der Waals surface area contributed by atoms with Crippen LogP contribution in [-0.4, -0.2) is 5.97 Å². The quantitative estimate of drug-likeness (QED) is 0.429. The molecule has 0 saturated heterocycles. The van der Waals surface area contributed by atoms with Gasteiger partial charge in [0.05, 0.1) is 0 Å². The van der Waals surface area contributed by atoms with Crippen LogP contribution >= 0.6 is 0 Å². The third-order valence-electron chi connectivity index (χ3n) is 2.16. The van der Waals surface area contributed by atoms with E-state index in [1.807, 2.05) is 39.0 Å². The zero-order chi connectivity index (χ0) is 11.3. The van der Waals surface area contributed by atoms with Crippen LogP contribution in [0.3, 0.4) is 0 Å². The van der Waals surface area contributed by atoms with Gasteiger partial charge in [-0.25, -0.2) is 4.79 Å². The maximum atomic E-state index is 11.7. The molecule has 0 atom stereocenters. The fourth-order valence-electron chi connectivity index (χ4n) is 1.36. The molecule has 0 aliphatic carbocycles. The van der Waals surface area contributed by atoms with Crippen LogP contribution in [0.4, 0.5) is 0 Å². The van der Waals surface area contributed by atoms with Crippen molar-refractivity contribution in [3.8, 4) is 5.75 Å². The first-order valence-electron chi connectivity index (χ1n) is 5.08. The maximum Gasteiger partial charge on any atom is 0.339 e. The van der Waals surface area contributed by atoms with E-state index < -0.39 is 0 Å². The molecule has 2 heteroatoms. The average molecular weight is 204 g/mol. The van der Waals surface area contributed by atoms with Crippen LogP contribution in [-0.2, 0) is 4.79 Å². The van der Waals surface area contributed by atoms with E-state index in [1.54, 1.807) is 12.1 Å². The van der Waals surface area contributed by atoms with Crippen LogP contribution in [0.1, 0.15) is 27.2 Å². The topological polar surface area (TPSA) is 26.3 Å². The highest BCUT2D eigenvalue weighted by Crippen LogP contribution is 2.14. The van der Waals surface area contributed by atoms with E-state index in [0.717, 1.165) is 11.1 Å². The molecule has 0 spiro atoms. The van der Waals surface area contributed by atoms with Crippen LogP contribution in [0.15, 0.2) is 41.5 Å². The van der Waals surface area contributed by atoms with Gasteiger partial charge in [-0.1, -0.05) is 30.7 Å². The summed E-state index contributed by atoms with van der Waals surface area (Å²) in [6, 6.07) is 9.12. The van der Waals surface area contributed by atoms with Gasteiger partial charge in [-0.3, -0.25) is 0 Å². The van der Waals surface area contributed by atoms with E-state index in [-0.39, 0.29) is 5.97 Å². The lowest BCUT2D eigenvalue weighted by molar-refractivity contribution is -0.130. The Morgan fingerprint density at radius 1 is 1.20 bits per heavy atom. The predicted molar refractivity (Wildman–Crippen MR) is 60.7 cm³/mol. The minimum absolute atomic E-state index is 0.247. The molecule has 15 heavy (non-hydrogen) atoms. The minimum Gasteiger partial charge on any atom is -0.423 e. The zero-order valence-corrected chi connectivity index (χ0v) is 9.41. The van der Waals surface area contributed by atoms with Gasteiger partial charge in [-0.05, 0) is 32.4 Å². The van der Waals surface area contributed by atoms with Crippen molar-refractivity contribution >= 4 is 5.97 Å². The lowest BCUT2D eigenvalue weighted by Crippen LogP contribution is -2.11. The molecule has 0 aliphatic rings. The first-order chi connectivity index (χ1) is 7.15. The summed E-state index contributed by atoms with van der Waals surface area (Å²) < 4.78 is 5.23. The molecule has 0 fully saturated rings. The number of benzene rings is 1. The summed E-state index contributed by atoms with van der Waals surface area (Å²) in [6.45, 7) is 5.80. The highest BCUT2D eigenvalue weighted by Gasteiger charge is 2.11. The zero-order valence-electron chi connectivity index (χ0n) is 9.41. The molecule has 0 amide bonds. The molecule has 0 aliphatic heterocycles. The summed E-state index contributed by atoms with van der Waals surface area (Å²) in [7, 11) is 0. The molecule has 0 unspecified atom stereocenters. The number of ether oxygens (including phenoxy) is 1. The molecule has 0 bridgehead atoms. The molecular formula is C13H16O2. The van der Waals surface area contributed by atoms with Gasteiger partial charge in [-0.15, -0.1) is 0 Å². The fourth-order valence-corrected chi connectivity index (χ4v) is 1.36. The number of esters is 1. The molecule has 1 aromatic carbocycles. The van der Waals surface area contributed by atoms with E-state index in [9.17, 15) is 4.79 Å². The molecule has 1 aromatic rings. The van der Waals surface area contributed by atoms with E-state index in [2.05, 4.69) is 0 Å². The van der Waals surface area contributed by atoms with Crippen LogP contribution < -0.4 is 4.74 Å². The normalized spacial score (nSPS) is 9.53. The Morgan fingerprint density at radius 3 is 2.27 bits per heavy atom. The summed E-state index contributed by atoms with van der Waals surface area (Å²) in [5.41, 5.74) is 1.76. The third-order valence-corrected chi connectivity index (χ3v) is 2.16. The molecular weight excluding hydrogens is 188 g/mol. The molecule has 1 rings (SSSR count).